The molecule has 3 N–H and O–H groups in total. The van der Waals surface area contributed by atoms with E-state index in [4.69, 9.17) is 16.3 Å². The van der Waals surface area contributed by atoms with Gasteiger partial charge in [-0.1, -0.05) is 55.3 Å². The molecule has 40 heavy (non-hydrogen) atoms. The lowest BCUT2D eigenvalue weighted by atomic mass is 9.96. The Morgan fingerprint density at radius 3 is 2.45 bits per heavy atom. The van der Waals surface area contributed by atoms with Gasteiger partial charge >= 0.3 is 0 Å². The number of aryl methyl sites for hydroxylation is 2. The minimum Gasteiger partial charge on any atom is -0.489 e. The van der Waals surface area contributed by atoms with Gasteiger partial charge in [-0.2, -0.15) is 0 Å². The van der Waals surface area contributed by atoms with Gasteiger partial charge in [0.15, 0.2) is 0 Å². The van der Waals surface area contributed by atoms with Crippen LogP contribution in [0.3, 0.4) is 0 Å². The highest BCUT2D eigenvalue weighted by atomic mass is 35.5. The second kappa shape index (κ2) is 14.0. The topological polar surface area (TPSA) is 99.8 Å². The Morgan fingerprint density at radius 2 is 1.73 bits per heavy atom. The number of benzene rings is 2. The van der Waals surface area contributed by atoms with Crippen molar-refractivity contribution in [3.05, 3.63) is 64.2 Å². The van der Waals surface area contributed by atoms with Gasteiger partial charge in [-0.25, -0.2) is 0 Å². The first-order valence-corrected chi connectivity index (χ1v) is 14.7. The Bertz CT molecular complexity index is 1190. The molecule has 0 saturated heterocycles. The fraction of sp³-hybridized carbons (Fsp3) is 0.516. The lowest BCUT2D eigenvalue weighted by molar-refractivity contribution is -0.141. The third kappa shape index (κ3) is 7.55. The van der Waals surface area contributed by atoms with Gasteiger partial charge < -0.3 is 25.6 Å². The Balaban J connectivity index is 1.58. The number of rotatable bonds is 4. The molecule has 0 saturated carbocycles. The van der Waals surface area contributed by atoms with Crippen molar-refractivity contribution in [3.8, 4) is 5.75 Å². The summed E-state index contributed by atoms with van der Waals surface area (Å²) in [6.45, 7) is 4.75. The van der Waals surface area contributed by atoms with Crippen LogP contribution >= 0.6 is 11.6 Å². The number of hydrogen-bond acceptors (Lipinski definition) is 5. The molecule has 2 heterocycles. The lowest BCUT2D eigenvalue weighted by Crippen LogP contribution is -2.56. The maximum atomic E-state index is 13.5. The van der Waals surface area contributed by atoms with Crippen molar-refractivity contribution >= 4 is 29.3 Å². The van der Waals surface area contributed by atoms with Crippen molar-refractivity contribution in [2.75, 3.05) is 20.1 Å². The number of para-hydroxylation sites is 1. The molecule has 0 spiro atoms. The Kier molecular flexibility index (Phi) is 10.5. The van der Waals surface area contributed by atoms with Crippen molar-refractivity contribution in [1.29, 1.82) is 0 Å². The fourth-order valence-electron chi connectivity index (χ4n) is 5.33. The minimum atomic E-state index is -0.795. The predicted octanol–water partition coefficient (Wildman–Crippen LogP) is 3.43. The number of hydrogen-bond donors (Lipinski definition) is 3. The maximum Gasteiger partial charge on any atom is 0.243 e. The van der Waals surface area contributed by atoms with Gasteiger partial charge in [0.1, 0.15) is 23.9 Å². The normalized spacial score (nSPS) is 24.8. The van der Waals surface area contributed by atoms with Crippen LogP contribution in [0.25, 0.3) is 0 Å². The van der Waals surface area contributed by atoms with Crippen LogP contribution in [-0.4, -0.2) is 67.0 Å². The summed E-state index contributed by atoms with van der Waals surface area (Å²) in [5, 5.41) is 9.94. The molecular weight excluding hydrogens is 528 g/mol. The van der Waals surface area contributed by atoms with E-state index in [2.05, 4.69) is 34.1 Å². The molecule has 0 aliphatic carbocycles. The van der Waals surface area contributed by atoms with Gasteiger partial charge in [0.05, 0.1) is 6.04 Å². The first-order valence-electron chi connectivity index (χ1n) is 14.4. The number of carbonyl (C=O) groups is 3. The van der Waals surface area contributed by atoms with Crippen molar-refractivity contribution < 1.29 is 19.1 Å². The third-order valence-electron chi connectivity index (χ3n) is 7.88. The smallest absolute Gasteiger partial charge is 0.243 e. The second-order valence-electron chi connectivity index (χ2n) is 10.8. The summed E-state index contributed by atoms with van der Waals surface area (Å²) in [7, 11) is 1.64. The van der Waals surface area contributed by atoms with Crippen molar-refractivity contribution in [2.24, 2.45) is 0 Å². The summed E-state index contributed by atoms with van der Waals surface area (Å²) in [5.41, 5.74) is 3.20. The van der Waals surface area contributed by atoms with Crippen LogP contribution in [-0.2, 0) is 33.6 Å². The Morgan fingerprint density at radius 1 is 1.00 bits per heavy atom. The van der Waals surface area contributed by atoms with E-state index in [9.17, 15) is 14.4 Å². The molecule has 9 heteroatoms. The molecule has 0 aromatic heterocycles. The quantitative estimate of drug-likeness (QED) is 0.525. The van der Waals surface area contributed by atoms with E-state index in [0.717, 1.165) is 49.0 Å². The number of halogens is 1. The predicted molar refractivity (Wildman–Crippen MR) is 157 cm³/mol. The summed E-state index contributed by atoms with van der Waals surface area (Å²) >= 11 is 6.04. The van der Waals surface area contributed by atoms with Gasteiger partial charge in [0.2, 0.25) is 17.7 Å². The first-order chi connectivity index (χ1) is 19.3. The summed E-state index contributed by atoms with van der Waals surface area (Å²) in [5.74, 6) is 0.145. The van der Waals surface area contributed by atoms with Crippen molar-refractivity contribution in [1.82, 2.24) is 20.9 Å². The molecule has 3 amide bonds. The van der Waals surface area contributed by atoms with Gasteiger partial charge in [-0.15, -0.1) is 0 Å². The highest BCUT2D eigenvalue weighted by Crippen LogP contribution is 2.32. The lowest BCUT2D eigenvalue weighted by Gasteiger charge is -2.32. The molecule has 216 valence electrons. The average Bonchev–Trinajstić information content (AvgIpc) is 2.96. The first kappa shape index (κ1) is 29.9. The summed E-state index contributed by atoms with van der Waals surface area (Å²) in [6, 6.07) is 11.5. The van der Waals surface area contributed by atoms with Gasteiger partial charge in [0, 0.05) is 31.6 Å². The number of likely N-dealkylation sites (N-methyl/N-ethyl adjacent to an activating group) is 1. The zero-order valence-electron chi connectivity index (χ0n) is 23.7. The summed E-state index contributed by atoms with van der Waals surface area (Å²) in [4.78, 5) is 41.6. The standard InChI is InChI=1S/C31H41ClN4O4/c1-4-7-26-31(39)36(3)20(2)29(37)35-27(18-21-11-14-24(32)15-12-21)30(38)33-17-6-10-22-8-5-9-23-13-16-25(19-34-26)40-28(22)23/h5,8-9,11-12,14-15,20,25-27,34H,4,6-7,10,13,16-19H2,1-3H3,(H,33,38)(H,35,37)/t20-,25?,26+,27-/m1/s1. The van der Waals surface area contributed by atoms with E-state index in [1.165, 1.54) is 10.5 Å². The number of ether oxygens (including phenoxy) is 1. The van der Waals surface area contributed by atoms with Crippen LogP contribution in [0.4, 0.5) is 0 Å². The highest BCUT2D eigenvalue weighted by Gasteiger charge is 2.32. The summed E-state index contributed by atoms with van der Waals surface area (Å²) < 4.78 is 6.45. The molecule has 2 aromatic carbocycles. The molecule has 2 aliphatic rings. The molecule has 0 fully saturated rings. The maximum absolute atomic E-state index is 13.5. The van der Waals surface area contributed by atoms with E-state index in [1.807, 2.05) is 19.1 Å². The van der Waals surface area contributed by atoms with Crippen LogP contribution in [0.15, 0.2) is 42.5 Å². The van der Waals surface area contributed by atoms with Crippen LogP contribution in [0.1, 0.15) is 56.2 Å². The number of carbonyl (C=O) groups excluding carboxylic acids is 3. The van der Waals surface area contributed by atoms with Gasteiger partial charge in [-0.3, -0.25) is 14.4 Å². The van der Waals surface area contributed by atoms with E-state index >= 15 is 0 Å². The third-order valence-corrected chi connectivity index (χ3v) is 8.13. The van der Waals surface area contributed by atoms with Crippen LogP contribution in [0, 0.1) is 0 Å². The van der Waals surface area contributed by atoms with E-state index in [1.54, 1.807) is 26.1 Å². The zero-order chi connectivity index (χ0) is 28.6. The second-order valence-corrected chi connectivity index (χ2v) is 11.3. The van der Waals surface area contributed by atoms with Crippen LogP contribution in [0.2, 0.25) is 5.02 Å². The van der Waals surface area contributed by atoms with Gasteiger partial charge in [0.25, 0.3) is 0 Å². The molecule has 4 atom stereocenters. The number of nitrogens with one attached hydrogen (secondary N) is 3. The SMILES string of the molecule is CCC[C@@H]1NCC2CCc3cccc(c3O2)CCCNC(=O)[C@@H](Cc2ccc(Cl)cc2)NC(=O)[C@@H](C)N(C)C1=O. The highest BCUT2D eigenvalue weighted by molar-refractivity contribution is 6.30. The van der Waals surface area contributed by atoms with E-state index in [-0.39, 0.29) is 23.8 Å². The molecule has 2 bridgehead atoms. The van der Waals surface area contributed by atoms with Crippen molar-refractivity contribution in [3.63, 3.8) is 0 Å². The number of nitrogens with zero attached hydrogens (tertiary/aromatic N) is 1. The summed E-state index contributed by atoms with van der Waals surface area (Å²) in [6.07, 6.45) is 5.02. The number of fused-ring (bicyclic) bond motifs is 1. The Hall–Kier alpha value is -3.10. The van der Waals surface area contributed by atoms with Gasteiger partial charge in [-0.05, 0) is 67.9 Å². The zero-order valence-corrected chi connectivity index (χ0v) is 24.4. The molecular formula is C31H41ClN4O4. The van der Waals surface area contributed by atoms with Crippen LogP contribution < -0.4 is 20.7 Å². The molecule has 2 aromatic rings. The minimum absolute atomic E-state index is 0.0425. The van der Waals surface area contributed by atoms with Crippen molar-refractivity contribution in [2.45, 2.75) is 83.0 Å². The monoisotopic (exact) mass is 568 g/mol. The average molecular weight is 569 g/mol. The molecule has 2 aliphatic heterocycles. The van der Waals surface area contributed by atoms with Crippen LogP contribution in [0.5, 0.6) is 5.75 Å². The Labute approximate surface area is 242 Å². The molecule has 4 rings (SSSR count). The van der Waals surface area contributed by atoms with E-state index < -0.39 is 18.1 Å². The molecule has 1 unspecified atom stereocenters. The van der Waals surface area contributed by atoms with E-state index in [0.29, 0.717) is 31.0 Å². The largest absolute Gasteiger partial charge is 0.489 e. The molecule has 8 nitrogen and oxygen atoms in total. The molecule has 0 radical (unpaired) electrons. The fourth-order valence-corrected chi connectivity index (χ4v) is 5.45. The number of amides is 3.